The monoisotopic (exact) mass is 223 g/mol. The first-order chi connectivity index (χ1) is 7.63. The van der Waals surface area contributed by atoms with Gasteiger partial charge in [0.15, 0.2) is 0 Å². The van der Waals surface area contributed by atoms with Crippen LogP contribution in [0, 0.1) is 16.0 Å². The molecule has 1 heterocycles. The van der Waals surface area contributed by atoms with Gasteiger partial charge in [-0.3, -0.25) is 10.1 Å². The molecule has 0 spiro atoms. The highest BCUT2D eigenvalue weighted by Gasteiger charge is 2.35. The average molecular weight is 223 g/mol. The number of hydrogen-bond acceptors (Lipinski definition) is 6. The molecule has 86 valence electrons. The van der Waals surface area contributed by atoms with Crippen LogP contribution in [0.1, 0.15) is 13.3 Å². The van der Waals surface area contributed by atoms with Gasteiger partial charge in [0, 0.05) is 13.1 Å². The average Bonchev–Trinajstić information content (AvgIpc) is 2.93. The van der Waals surface area contributed by atoms with Crippen LogP contribution in [0.4, 0.5) is 17.3 Å². The van der Waals surface area contributed by atoms with Crippen LogP contribution in [0.15, 0.2) is 6.33 Å². The maximum atomic E-state index is 10.9. The summed E-state index contributed by atoms with van der Waals surface area (Å²) in [5, 5.41) is 16.7. The molecule has 1 fully saturated rings. The van der Waals surface area contributed by atoms with Gasteiger partial charge in [-0.25, -0.2) is 9.97 Å². The molecule has 2 N–H and O–H groups in total. The fourth-order valence-corrected chi connectivity index (χ4v) is 1.54. The Hall–Kier alpha value is -1.92. The van der Waals surface area contributed by atoms with Crippen molar-refractivity contribution < 1.29 is 4.92 Å². The van der Waals surface area contributed by atoms with E-state index in [0.29, 0.717) is 17.8 Å². The van der Waals surface area contributed by atoms with Crippen molar-refractivity contribution in [1.29, 1.82) is 0 Å². The second-order valence-electron chi connectivity index (χ2n) is 3.89. The smallest absolute Gasteiger partial charge is 0.353 e. The summed E-state index contributed by atoms with van der Waals surface area (Å²) in [6.07, 6.45) is 2.34. The van der Waals surface area contributed by atoms with E-state index in [1.54, 1.807) is 7.05 Å². The van der Waals surface area contributed by atoms with E-state index in [0.717, 1.165) is 6.42 Å². The Morgan fingerprint density at radius 2 is 2.12 bits per heavy atom. The largest absolute Gasteiger partial charge is 0.367 e. The van der Waals surface area contributed by atoms with Crippen molar-refractivity contribution in [3.63, 3.8) is 0 Å². The summed E-state index contributed by atoms with van der Waals surface area (Å²) in [6, 6.07) is 0.290. The van der Waals surface area contributed by atoms with Gasteiger partial charge < -0.3 is 10.6 Å². The molecule has 7 nitrogen and oxygen atoms in total. The fraction of sp³-hybridized carbons (Fsp3) is 0.556. The maximum absolute atomic E-state index is 10.9. The summed E-state index contributed by atoms with van der Waals surface area (Å²) in [4.78, 5) is 18.2. The molecule has 0 aromatic carbocycles. The van der Waals surface area contributed by atoms with E-state index in [1.807, 2.05) is 0 Å². The molecule has 7 heteroatoms. The number of rotatable bonds is 4. The van der Waals surface area contributed by atoms with E-state index in [-0.39, 0.29) is 11.5 Å². The van der Waals surface area contributed by atoms with Crippen molar-refractivity contribution in [2.24, 2.45) is 5.92 Å². The van der Waals surface area contributed by atoms with Crippen molar-refractivity contribution in [3.8, 4) is 0 Å². The predicted octanol–water partition coefficient (Wildman–Crippen LogP) is 1.25. The van der Waals surface area contributed by atoms with Gasteiger partial charge in [-0.15, -0.1) is 0 Å². The van der Waals surface area contributed by atoms with E-state index in [2.05, 4.69) is 27.5 Å². The van der Waals surface area contributed by atoms with Gasteiger partial charge in [0.25, 0.3) is 0 Å². The molecule has 1 aromatic heterocycles. The van der Waals surface area contributed by atoms with E-state index in [4.69, 9.17) is 0 Å². The zero-order chi connectivity index (χ0) is 11.7. The fourth-order valence-electron chi connectivity index (χ4n) is 1.54. The number of hydrogen-bond donors (Lipinski definition) is 2. The first-order valence-electron chi connectivity index (χ1n) is 5.07. The summed E-state index contributed by atoms with van der Waals surface area (Å²) >= 11 is 0. The third-order valence-corrected chi connectivity index (χ3v) is 2.67. The molecular weight excluding hydrogens is 210 g/mol. The lowest BCUT2D eigenvalue weighted by atomic mass is 10.4. The lowest BCUT2D eigenvalue weighted by Crippen LogP contribution is -2.10. The Labute approximate surface area is 92.4 Å². The minimum Gasteiger partial charge on any atom is -0.367 e. The molecule has 0 amide bonds. The molecule has 1 saturated carbocycles. The summed E-state index contributed by atoms with van der Waals surface area (Å²) < 4.78 is 0. The Morgan fingerprint density at radius 3 is 2.62 bits per heavy atom. The summed E-state index contributed by atoms with van der Waals surface area (Å²) in [5.41, 5.74) is -0.0934. The standard InChI is InChI=1S/C9H13N5O2/c1-5-3-6(5)13-9-7(14(15)16)8(10-2)11-4-12-9/h4-6H,3H2,1-2H3,(H2,10,11,12,13). The lowest BCUT2D eigenvalue weighted by molar-refractivity contribution is -0.383. The Bertz CT molecular complexity index is 422. The molecule has 2 rings (SSSR count). The van der Waals surface area contributed by atoms with Crippen LogP contribution in [0.5, 0.6) is 0 Å². The van der Waals surface area contributed by atoms with Crippen LogP contribution in [-0.2, 0) is 0 Å². The molecule has 1 aliphatic rings. The van der Waals surface area contributed by atoms with Gasteiger partial charge in [0.05, 0.1) is 4.92 Å². The van der Waals surface area contributed by atoms with Crippen molar-refractivity contribution >= 4 is 17.3 Å². The minimum absolute atomic E-state index is 0.0934. The van der Waals surface area contributed by atoms with Crippen LogP contribution < -0.4 is 10.6 Å². The van der Waals surface area contributed by atoms with Crippen LogP contribution in [-0.4, -0.2) is 28.0 Å². The highest BCUT2D eigenvalue weighted by atomic mass is 16.6. The third kappa shape index (κ3) is 1.88. The van der Waals surface area contributed by atoms with Gasteiger partial charge in [0.1, 0.15) is 6.33 Å². The van der Waals surface area contributed by atoms with Gasteiger partial charge in [0.2, 0.25) is 11.6 Å². The Balaban J connectivity index is 2.31. The van der Waals surface area contributed by atoms with Crippen molar-refractivity contribution in [3.05, 3.63) is 16.4 Å². The zero-order valence-corrected chi connectivity index (χ0v) is 9.10. The first kappa shape index (κ1) is 10.6. The number of nitrogens with one attached hydrogen (secondary N) is 2. The van der Waals surface area contributed by atoms with Crippen LogP contribution in [0.25, 0.3) is 0 Å². The van der Waals surface area contributed by atoms with E-state index in [1.165, 1.54) is 6.33 Å². The molecule has 16 heavy (non-hydrogen) atoms. The van der Waals surface area contributed by atoms with E-state index < -0.39 is 4.92 Å². The predicted molar refractivity (Wildman–Crippen MR) is 59.4 cm³/mol. The number of anilines is 2. The van der Waals surface area contributed by atoms with Gasteiger partial charge in [-0.1, -0.05) is 6.92 Å². The normalized spacial score (nSPS) is 22.6. The highest BCUT2D eigenvalue weighted by Crippen LogP contribution is 2.36. The number of aromatic nitrogens is 2. The molecule has 0 radical (unpaired) electrons. The lowest BCUT2D eigenvalue weighted by Gasteiger charge is -2.07. The van der Waals surface area contributed by atoms with Crippen molar-refractivity contribution in [2.75, 3.05) is 17.7 Å². The SMILES string of the molecule is CNc1ncnc(NC2CC2C)c1[N+](=O)[O-]. The highest BCUT2D eigenvalue weighted by molar-refractivity contribution is 5.69. The molecule has 0 saturated heterocycles. The minimum atomic E-state index is -0.471. The molecular formula is C9H13N5O2. The van der Waals surface area contributed by atoms with Crippen molar-refractivity contribution in [1.82, 2.24) is 9.97 Å². The molecule has 1 aromatic rings. The maximum Gasteiger partial charge on any atom is 0.353 e. The Morgan fingerprint density at radius 1 is 1.50 bits per heavy atom. The van der Waals surface area contributed by atoms with E-state index in [9.17, 15) is 10.1 Å². The Kier molecular flexibility index (Phi) is 2.59. The van der Waals surface area contributed by atoms with Crippen LogP contribution in [0.2, 0.25) is 0 Å². The molecule has 2 unspecified atom stereocenters. The number of nitrogens with zero attached hydrogens (tertiary/aromatic N) is 3. The summed E-state index contributed by atoms with van der Waals surface area (Å²) in [5.74, 6) is 1.07. The van der Waals surface area contributed by atoms with Gasteiger partial charge in [-0.2, -0.15) is 0 Å². The summed E-state index contributed by atoms with van der Waals surface area (Å²) in [7, 11) is 1.60. The van der Waals surface area contributed by atoms with Crippen LogP contribution >= 0.6 is 0 Å². The quantitative estimate of drug-likeness (QED) is 0.589. The second kappa shape index (κ2) is 3.92. The van der Waals surface area contributed by atoms with Crippen molar-refractivity contribution in [2.45, 2.75) is 19.4 Å². The summed E-state index contributed by atoms with van der Waals surface area (Å²) in [6.45, 7) is 2.09. The van der Waals surface area contributed by atoms with Gasteiger partial charge >= 0.3 is 5.69 Å². The molecule has 0 bridgehead atoms. The molecule has 1 aliphatic carbocycles. The van der Waals surface area contributed by atoms with Crippen LogP contribution in [0.3, 0.4) is 0 Å². The second-order valence-corrected chi connectivity index (χ2v) is 3.89. The zero-order valence-electron chi connectivity index (χ0n) is 9.10. The third-order valence-electron chi connectivity index (χ3n) is 2.67. The van der Waals surface area contributed by atoms with E-state index >= 15 is 0 Å². The topological polar surface area (TPSA) is 93.0 Å². The molecule has 2 atom stereocenters. The molecule has 0 aliphatic heterocycles. The van der Waals surface area contributed by atoms with Gasteiger partial charge in [-0.05, 0) is 12.3 Å². The first-order valence-corrected chi connectivity index (χ1v) is 5.07. The number of nitro groups is 1.